The quantitative estimate of drug-likeness (QED) is 0.180. The fraction of sp³-hybridized carbons (Fsp3) is 0.429. The van der Waals surface area contributed by atoms with Gasteiger partial charge in [0, 0.05) is 19.0 Å². The van der Waals surface area contributed by atoms with Crippen molar-refractivity contribution < 1.29 is 19.1 Å². The normalized spacial score (nSPS) is 17.0. The van der Waals surface area contributed by atoms with E-state index in [1.165, 1.54) is 21.9 Å². The number of benzene rings is 3. The molecule has 0 radical (unpaired) electrons. The Morgan fingerprint density at radius 2 is 1.73 bits per heavy atom. The molecule has 0 bridgehead atoms. The average Bonchev–Trinajstić information content (AvgIpc) is 3.24. The highest BCUT2D eigenvalue weighted by molar-refractivity contribution is 5.83. The maximum atomic E-state index is 13.2. The van der Waals surface area contributed by atoms with E-state index in [0.717, 1.165) is 37.9 Å². The molecule has 0 aromatic heterocycles. The number of hydrogen-bond acceptors (Lipinski definition) is 4. The maximum absolute atomic E-state index is 13.2. The number of nitrogens with one attached hydrogen (secondary N) is 1. The Hall–Kier alpha value is -3.80. The van der Waals surface area contributed by atoms with Gasteiger partial charge in [0.25, 0.3) is 0 Å². The van der Waals surface area contributed by atoms with Crippen LogP contribution in [0.5, 0.6) is 5.75 Å². The Bertz CT molecular complexity index is 1310. The number of carbonyl (C=O) groups is 2. The minimum Gasteiger partial charge on any atom is -0.491 e. The van der Waals surface area contributed by atoms with Crippen LogP contribution in [0.2, 0.25) is 0 Å². The first-order chi connectivity index (χ1) is 19.7. The smallest absolute Gasteiger partial charge is 0.407 e. The van der Waals surface area contributed by atoms with Gasteiger partial charge in [-0.05, 0) is 93.3 Å². The Balaban J connectivity index is 1.25. The van der Waals surface area contributed by atoms with E-state index in [4.69, 9.17) is 9.47 Å². The lowest BCUT2D eigenvalue weighted by atomic mass is 10.0. The van der Waals surface area contributed by atoms with Crippen molar-refractivity contribution in [2.24, 2.45) is 5.92 Å². The van der Waals surface area contributed by atoms with Crippen LogP contribution in [-0.2, 0) is 22.4 Å². The highest BCUT2D eigenvalue weighted by atomic mass is 16.6. The van der Waals surface area contributed by atoms with Gasteiger partial charge in [0.2, 0.25) is 5.91 Å². The zero-order valence-electron chi connectivity index (χ0n) is 24.7. The van der Waals surface area contributed by atoms with Crippen molar-refractivity contribution in [3.8, 4) is 5.75 Å². The largest absolute Gasteiger partial charge is 0.491 e. The van der Waals surface area contributed by atoms with Gasteiger partial charge >= 0.3 is 6.09 Å². The van der Waals surface area contributed by atoms with Crippen molar-refractivity contribution in [3.63, 3.8) is 0 Å². The summed E-state index contributed by atoms with van der Waals surface area (Å²) in [5.74, 6) is 0.995. The molecule has 41 heavy (non-hydrogen) atoms. The van der Waals surface area contributed by atoms with Gasteiger partial charge in [-0.2, -0.15) is 0 Å². The fourth-order valence-corrected chi connectivity index (χ4v) is 5.37. The number of fused-ring (bicyclic) bond motifs is 1. The van der Waals surface area contributed by atoms with Crippen molar-refractivity contribution in [3.05, 3.63) is 90.5 Å². The molecule has 0 saturated carbocycles. The minimum absolute atomic E-state index is 0.0233. The third-order valence-electron chi connectivity index (χ3n) is 7.46. The van der Waals surface area contributed by atoms with Gasteiger partial charge in [0.15, 0.2) is 0 Å². The fourth-order valence-electron chi connectivity index (χ4n) is 5.37. The second-order valence-corrected chi connectivity index (χ2v) is 11.9. The van der Waals surface area contributed by atoms with E-state index >= 15 is 0 Å². The number of ether oxygens (including phenoxy) is 2. The molecule has 1 aliphatic rings. The average molecular weight is 557 g/mol. The van der Waals surface area contributed by atoms with Gasteiger partial charge in [-0.25, -0.2) is 4.79 Å². The van der Waals surface area contributed by atoms with Crippen LogP contribution in [0.1, 0.15) is 57.6 Å². The second-order valence-electron chi connectivity index (χ2n) is 11.9. The number of hydrogen-bond donors (Lipinski definition) is 1. The molecule has 6 heteroatoms. The minimum atomic E-state index is -0.481. The lowest BCUT2D eigenvalue weighted by molar-refractivity contribution is -0.132. The zero-order valence-corrected chi connectivity index (χ0v) is 24.7. The molecule has 0 spiro atoms. The van der Waals surface area contributed by atoms with Crippen LogP contribution >= 0.6 is 0 Å². The maximum Gasteiger partial charge on any atom is 0.407 e. The predicted octanol–water partition coefficient (Wildman–Crippen LogP) is 7.10. The molecule has 0 aliphatic carbocycles. The summed E-state index contributed by atoms with van der Waals surface area (Å²) in [6.07, 6.45) is 6.56. The molecule has 2 amide bonds. The Morgan fingerprint density at radius 3 is 2.46 bits per heavy atom. The van der Waals surface area contributed by atoms with Gasteiger partial charge < -0.3 is 19.7 Å². The SMILES string of the molecule is C=CC[C@@H]1C[C@@H](COc2ccc(CCCCNC(=O)OC(C)(C)C)cc2)N(CCc2ccc3ccccc3c2)C1=O. The van der Waals surface area contributed by atoms with Crippen molar-refractivity contribution in [2.45, 2.75) is 70.9 Å². The third kappa shape index (κ3) is 9.10. The lowest BCUT2D eigenvalue weighted by Gasteiger charge is -2.25. The summed E-state index contributed by atoms with van der Waals surface area (Å²) < 4.78 is 11.5. The summed E-state index contributed by atoms with van der Waals surface area (Å²) in [5, 5.41) is 5.26. The summed E-state index contributed by atoms with van der Waals surface area (Å²) in [4.78, 5) is 27.0. The van der Waals surface area contributed by atoms with E-state index in [1.54, 1.807) is 0 Å². The molecule has 1 N–H and O–H groups in total. The Morgan fingerprint density at radius 1 is 1.00 bits per heavy atom. The topological polar surface area (TPSA) is 67.9 Å². The number of alkyl carbamates (subject to hydrolysis) is 1. The summed E-state index contributed by atoms with van der Waals surface area (Å²) >= 11 is 0. The van der Waals surface area contributed by atoms with Crippen molar-refractivity contribution >= 4 is 22.8 Å². The monoisotopic (exact) mass is 556 g/mol. The lowest BCUT2D eigenvalue weighted by Crippen LogP contribution is -2.38. The van der Waals surface area contributed by atoms with Crippen molar-refractivity contribution in [2.75, 3.05) is 19.7 Å². The van der Waals surface area contributed by atoms with Crippen LogP contribution in [-0.4, -0.2) is 48.2 Å². The van der Waals surface area contributed by atoms with Gasteiger partial charge in [-0.1, -0.05) is 60.7 Å². The van der Waals surface area contributed by atoms with E-state index in [1.807, 2.05) is 43.9 Å². The summed E-state index contributed by atoms with van der Waals surface area (Å²) in [5.41, 5.74) is 1.98. The number of amides is 2. The Kier molecular flexibility index (Phi) is 10.4. The second kappa shape index (κ2) is 14.2. The van der Waals surface area contributed by atoms with Gasteiger partial charge in [-0.15, -0.1) is 6.58 Å². The molecular formula is C35H44N2O4. The van der Waals surface area contributed by atoms with Gasteiger partial charge in [-0.3, -0.25) is 4.79 Å². The summed E-state index contributed by atoms with van der Waals surface area (Å²) in [7, 11) is 0. The molecule has 1 saturated heterocycles. The first kappa shape index (κ1) is 30.2. The standard InChI is InChI=1S/C35H44N2O4/c1-5-10-30-24-31(37(33(30)38)22-20-27-14-17-28-12-6-7-13-29(28)23-27)25-40-32-18-15-26(16-19-32)11-8-9-21-36-34(39)41-35(2,3)4/h5-7,12-19,23,30-31H,1,8-11,20-22,24-25H2,2-4H3,(H,36,39)/t30-,31+/m1/s1. The zero-order chi connectivity index (χ0) is 29.2. The van der Waals surface area contributed by atoms with E-state index in [0.29, 0.717) is 26.1 Å². The molecular weight excluding hydrogens is 512 g/mol. The van der Waals surface area contributed by atoms with Crippen LogP contribution in [0, 0.1) is 5.92 Å². The number of aryl methyl sites for hydroxylation is 1. The van der Waals surface area contributed by atoms with Crippen LogP contribution in [0.25, 0.3) is 10.8 Å². The predicted molar refractivity (Wildman–Crippen MR) is 165 cm³/mol. The number of carbonyl (C=O) groups excluding carboxylic acids is 2. The number of unbranched alkanes of at least 4 members (excludes halogenated alkanes) is 1. The highest BCUT2D eigenvalue weighted by Gasteiger charge is 2.38. The third-order valence-corrected chi connectivity index (χ3v) is 7.46. The number of likely N-dealkylation sites (tertiary alicyclic amines) is 1. The molecule has 2 atom stereocenters. The van der Waals surface area contributed by atoms with E-state index in [2.05, 4.69) is 66.5 Å². The number of rotatable bonds is 13. The molecule has 1 heterocycles. The van der Waals surface area contributed by atoms with Crippen LogP contribution < -0.4 is 10.1 Å². The van der Waals surface area contributed by atoms with Gasteiger partial charge in [0.1, 0.15) is 18.0 Å². The first-order valence-corrected chi connectivity index (χ1v) is 14.8. The van der Waals surface area contributed by atoms with Gasteiger partial charge in [0.05, 0.1) is 6.04 Å². The molecule has 1 aliphatic heterocycles. The van der Waals surface area contributed by atoms with E-state index in [-0.39, 0.29) is 24.0 Å². The van der Waals surface area contributed by atoms with Crippen LogP contribution in [0.4, 0.5) is 4.79 Å². The summed E-state index contributed by atoms with van der Waals surface area (Å²) in [6.45, 7) is 11.2. The molecule has 218 valence electrons. The van der Waals surface area contributed by atoms with Crippen LogP contribution in [0.15, 0.2) is 79.4 Å². The summed E-state index contributed by atoms with van der Waals surface area (Å²) in [6, 6.07) is 23.1. The molecule has 4 rings (SSSR count). The molecule has 0 unspecified atom stereocenters. The van der Waals surface area contributed by atoms with Crippen molar-refractivity contribution in [1.29, 1.82) is 0 Å². The molecule has 3 aromatic carbocycles. The molecule has 1 fully saturated rings. The first-order valence-electron chi connectivity index (χ1n) is 14.8. The number of nitrogens with zero attached hydrogens (tertiary/aromatic N) is 1. The highest BCUT2D eigenvalue weighted by Crippen LogP contribution is 2.29. The van der Waals surface area contributed by atoms with Crippen molar-refractivity contribution in [1.82, 2.24) is 10.2 Å². The molecule has 6 nitrogen and oxygen atoms in total. The van der Waals surface area contributed by atoms with Crippen LogP contribution in [0.3, 0.4) is 0 Å². The molecule has 3 aromatic rings. The van der Waals surface area contributed by atoms with E-state index < -0.39 is 5.60 Å². The number of allylic oxidation sites excluding steroid dienone is 1. The van der Waals surface area contributed by atoms with E-state index in [9.17, 15) is 9.59 Å². The Labute approximate surface area is 244 Å².